The number of halogens is 1. The van der Waals surface area contributed by atoms with E-state index in [1.165, 1.54) is 6.20 Å². The lowest BCUT2D eigenvalue weighted by molar-refractivity contribution is 0.0950. The van der Waals surface area contributed by atoms with Crippen LogP contribution in [0.25, 0.3) is 0 Å². The predicted octanol–water partition coefficient (Wildman–Crippen LogP) is 1.56. The van der Waals surface area contributed by atoms with Crippen LogP contribution in [0.5, 0.6) is 0 Å². The second-order valence-corrected chi connectivity index (χ2v) is 4.55. The standard InChI is InChI=1S/C13H15FN4O/c14-10-8-15-4-1-9(10)7-16-11-3-6-19-13(11)12-2-5-17-18-12/h1-2,4-5,8,11,13,16H,3,6-7H2,(H,17,18)/t11-,13-/m0/s1. The molecule has 2 atom stereocenters. The molecule has 2 aromatic rings. The van der Waals surface area contributed by atoms with Gasteiger partial charge in [-0.25, -0.2) is 4.39 Å². The normalized spacial score (nSPS) is 22.8. The molecule has 0 unspecified atom stereocenters. The van der Waals surface area contributed by atoms with Gasteiger partial charge in [0.2, 0.25) is 0 Å². The third kappa shape index (κ3) is 2.64. The summed E-state index contributed by atoms with van der Waals surface area (Å²) < 4.78 is 19.2. The minimum Gasteiger partial charge on any atom is -0.370 e. The number of rotatable bonds is 4. The molecule has 5 nitrogen and oxygen atoms in total. The maximum absolute atomic E-state index is 13.5. The molecular formula is C13H15FN4O. The quantitative estimate of drug-likeness (QED) is 0.877. The second kappa shape index (κ2) is 5.46. The van der Waals surface area contributed by atoms with E-state index in [9.17, 15) is 4.39 Å². The molecule has 0 amide bonds. The fourth-order valence-electron chi connectivity index (χ4n) is 2.32. The number of aromatic amines is 1. The van der Waals surface area contributed by atoms with Crippen LogP contribution in [-0.4, -0.2) is 27.8 Å². The van der Waals surface area contributed by atoms with E-state index in [0.29, 0.717) is 18.7 Å². The number of pyridine rings is 1. The van der Waals surface area contributed by atoms with Crippen LogP contribution in [0.15, 0.2) is 30.7 Å². The second-order valence-electron chi connectivity index (χ2n) is 4.55. The zero-order valence-corrected chi connectivity index (χ0v) is 10.3. The molecule has 0 aromatic carbocycles. The Balaban J connectivity index is 1.65. The minimum atomic E-state index is -0.285. The van der Waals surface area contributed by atoms with Gasteiger partial charge < -0.3 is 10.1 Å². The molecule has 100 valence electrons. The van der Waals surface area contributed by atoms with Crippen molar-refractivity contribution in [1.29, 1.82) is 0 Å². The van der Waals surface area contributed by atoms with Gasteiger partial charge in [0.15, 0.2) is 0 Å². The van der Waals surface area contributed by atoms with Crippen LogP contribution in [0.2, 0.25) is 0 Å². The highest BCUT2D eigenvalue weighted by Gasteiger charge is 2.30. The highest BCUT2D eigenvalue weighted by atomic mass is 19.1. The first-order chi connectivity index (χ1) is 9.34. The van der Waals surface area contributed by atoms with Crippen LogP contribution >= 0.6 is 0 Å². The van der Waals surface area contributed by atoms with E-state index in [1.807, 2.05) is 6.07 Å². The summed E-state index contributed by atoms with van der Waals surface area (Å²) in [5.41, 5.74) is 1.57. The number of hydrogen-bond donors (Lipinski definition) is 2. The number of ether oxygens (including phenoxy) is 1. The smallest absolute Gasteiger partial charge is 0.145 e. The summed E-state index contributed by atoms with van der Waals surface area (Å²) >= 11 is 0. The van der Waals surface area contributed by atoms with Crippen LogP contribution in [0.4, 0.5) is 4.39 Å². The molecule has 1 aliphatic heterocycles. The number of aromatic nitrogens is 3. The first-order valence-corrected chi connectivity index (χ1v) is 6.27. The van der Waals surface area contributed by atoms with Crippen molar-refractivity contribution in [2.45, 2.75) is 25.1 Å². The van der Waals surface area contributed by atoms with Crippen molar-refractivity contribution in [1.82, 2.24) is 20.5 Å². The van der Waals surface area contributed by atoms with Crippen molar-refractivity contribution >= 4 is 0 Å². The minimum absolute atomic E-state index is 0.0487. The molecule has 19 heavy (non-hydrogen) atoms. The molecule has 3 heterocycles. The van der Waals surface area contributed by atoms with Gasteiger partial charge in [0.25, 0.3) is 0 Å². The number of nitrogens with zero attached hydrogens (tertiary/aromatic N) is 2. The van der Waals surface area contributed by atoms with E-state index < -0.39 is 0 Å². The van der Waals surface area contributed by atoms with Crippen LogP contribution in [0.1, 0.15) is 23.8 Å². The van der Waals surface area contributed by atoms with Gasteiger partial charge in [-0.15, -0.1) is 0 Å². The van der Waals surface area contributed by atoms with Crippen LogP contribution in [-0.2, 0) is 11.3 Å². The lowest BCUT2D eigenvalue weighted by Crippen LogP contribution is -2.31. The van der Waals surface area contributed by atoms with Gasteiger partial charge >= 0.3 is 0 Å². The van der Waals surface area contributed by atoms with Gasteiger partial charge in [0, 0.05) is 37.2 Å². The number of nitrogens with one attached hydrogen (secondary N) is 2. The van der Waals surface area contributed by atoms with Crippen LogP contribution in [0.3, 0.4) is 0 Å². The molecule has 2 N–H and O–H groups in total. The monoisotopic (exact) mass is 262 g/mol. The SMILES string of the molecule is Fc1cnccc1CN[C@H]1CCO[C@@H]1c1ccn[nH]1. The van der Waals surface area contributed by atoms with Crippen molar-refractivity contribution in [3.05, 3.63) is 47.8 Å². The summed E-state index contributed by atoms with van der Waals surface area (Å²) in [6, 6.07) is 3.74. The summed E-state index contributed by atoms with van der Waals surface area (Å²) in [6.07, 6.45) is 5.38. The van der Waals surface area contributed by atoms with E-state index in [0.717, 1.165) is 12.1 Å². The Morgan fingerprint density at radius 1 is 1.42 bits per heavy atom. The summed E-state index contributed by atoms with van der Waals surface area (Å²) in [5.74, 6) is -0.285. The first kappa shape index (κ1) is 12.3. The molecule has 6 heteroatoms. The lowest BCUT2D eigenvalue weighted by Gasteiger charge is -2.18. The Morgan fingerprint density at radius 2 is 2.37 bits per heavy atom. The van der Waals surface area contributed by atoms with Crippen molar-refractivity contribution in [2.75, 3.05) is 6.61 Å². The molecule has 1 fully saturated rings. The number of hydrogen-bond acceptors (Lipinski definition) is 4. The molecule has 0 aliphatic carbocycles. The van der Waals surface area contributed by atoms with Crippen molar-refractivity contribution in [3.8, 4) is 0 Å². The maximum Gasteiger partial charge on any atom is 0.145 e. The zero-order valence-electron chi connectivity index (χ0n) is 10.3. The van der Waals surface area contributed by atoms with Crippen LogP contribution in [0, 0.1) is 5.82 Å². The molecule has 2 aromatic heterocycles. The molecule has 0 saturated carbocycles. The molecule has 1 aliphatic rings. The van der Waals surface area contributed by atoms with Crippen LogP contribution < -0.4 is 5.32 Å². The Labute approximate surface area is 110 Å². The van der Waals surface area contributed by atoms with Crippen molar-refractivity contribution in [2.24, 2.45) is 0 Å². The average Bonchev–Trinajstić information content (AvgIpc) is 3.08. The van der Waals surface area contributed by atoms with Gasteiger partial charge in [0.05, 0.1) is 11.9 Å². The van der Waals surface area contributed by atoms with Gasteiger partial charge in [-0.2, -0.15) is 5.10 Å². The Hall–Kier alpha value is -1.79. The Morgan fingerprint density at radius 3 is 3.16 bits per heavy atom. The van der Waals surface area contributed by atoms with Crippen molar-refractivity contribution < 1.29 is 9.13 Å². The lowest BCUT2D eigenvalue weighted by atomic mass is 10.1. The maximum atomic E-state index is 13.5. The van der Waals surface area contributed by atoms with E-state index in [-0.39, 0.29) is 18.0 Å². The molecule has 0 spiro atoms. The zero-order chi connectivity index (χ0) is 13.1. The third-order valence-corrected chi connectivity index (χ3v) is 3.33. The van der Waals surface area contributed by atoms with Gasteiger partial charge in [-0.3, -0.25) is 10.1 Å². The fraction of sp³-hybridized carbons (Fsp3) is 0.385. The molecule has 0 bridgehead atoms. The largest absolute Gasteiger partial charge is 0.370 e. The Bertz CT molecular complexity index is 531. The van der Waals surface area contributed by atoms with Crippen molar-refractivity contribution in [3.63, 3.8) is 0 Å². The molecule has 0 radical (unpaired) electrons. The number of H-pyrrole nitrogens is 1. The summed E-state index contributed by atoms with van der Waals surface area (Å²) in [4.78, 5) is 3.74. The molecule has 3 rings (SSSR count). The highest BCUT2D eigenvalue weighted by Crippen LogP contribution is 2.27. The first-order valence-electron chi connectivity index (χ1n) is 6.27. The van der Waals surface area contributed by atoms with Gasteiger partial charge in [-0.1, -0.05) is 0 Å². The summed E-state index contributed by atoms with van der Waals surface area (Å²) in [7, 11) is 0. The van der Waals surface area contributed by atoms with Gasteiger partial charge in [-0.05, 0) is 18.6 Å². The molecular weight excluding hydrogens is 247 g/mol. The van der Waals surface area contributed by atoms with E-state index >= 15 is 0 Å². The average molecular weight is 262 g/mol. The highest BCUT2D eigenvalue weighted by molar-refractivity contribution is 5.13. The summed E-state index contributed by atoms with van der Waals surface area (Å²) in [6.45, 7) is 1.16. The predicted molar refractivity (Wildman–Crippen MR) is 66.7 cm³/mol. The topological polar surface area (TPSA) is 62.8 Å². The molecule has 1 saturated heterocycles. The van der Waals surface area contributed by atoms with E-state index in [2.05, 4.69) is 20.5 Å². The fourth-order valence-corrected chi connectivity index (χ4v) is 2.32. The third-order valence-electron chi connectivity index (χ3n) is 3.33. The van der Waals surface area contributed by atoms with E-state index in [4.69, 9.17) is 4.74 Å². The Kier molecular flexibility index (Phi) is 3.52. The summed E-state index contributed by atoms with van der Waals surface area (Å²) in [5, 5.41) is 10.2. The van der Waals surface area contributed by atoms with Gasteiger partial charge in [0.1, 0.15) is 11.9 Å². The van der Waals surface area contributed by atoms with E-state index in [1.54, 1.807) is 18.5 Å².